The van der Waals surface area contributed by atoms with Gasteiger partial charge in [0.1, 0.15) is 11.9 Å². The van der Waals surface area contributed by atoms with E-state index in [0.29, 0.717) is 12.5 Å². The second kappa shape index (κ2) is 7.61. The first kappa shape index (κ1) is 18.5. The van der Waals surface area contributed by atoms with Gasteiger partial charge in [-0.3, -0.25) is 0 Å². The van der Waals surface area contributed by atoms with Crippen LogP contribution in [0.4, 0.5) is 5.82 Å². The van der Waals surface area contributed by atoms with Crippen LogP contribution in [0, 0.1) is 18.3 Å². The van der Waals surface area contributed by atoms with Crippen molar-refractivity contribution in [3.05, 3.63) is 47.8 Å². The number of hydrogen-bond acceptors (Lipinski definition) is 4. The van der Waals surface area contributed by atoms with Gasteiger partial charge in [-0.1, -0.05) is 44.2 Å². The first-order chi connectivity index (χ1) is 13.6. The van der Waals surface area contributed by atoms with E-state index in [-0.39, 0.29) is 0 Å². The van der Waals surface area contributed by atoms with Gasteiger partial charge in [0, 0.05) is 17.3 Å². The number of aryl methyl sites for hydroxylation is 1. The molecule has 0 bridgehead atoms. The Balaban J connectivity index is 1.82. The maximum absolute atomic E-state index is 8.97. The summed E-state index contributed by atoms with van der Waals surface area (Å²) >= 11 is 0. The van der Waals surface area contributed by atoms with Gasteiger partial charge in [0.15, 0.2) is 12.2 Å². The summed E-state index contributed by atoms with van der Waals surface area (Å²) in [6.45, 7) is 10.8. The molecule has 0 aliphatic carbocycles. The van der Waals surface area contributed by atoms with Crippen LogP contribution < -0.4 is 9.80 Å². The number of fused-ring (bicyclic) bond motifs is 1. The molecule has 0 radical (unpaired) electrons. The number of hydrogen-bond donors (Lipinski definition) is 1. The summed E-state index contributed by atoms with van der Waals surface area (Å²) in [6.07, 6.45) is 0. The van der Waals surface area contributed by atoms with Crippen LogP contribution in [0.3, 0.4) is 0 Å². The summed E-state index contributed by atoms with van der Waals surface area (Å²) in [5, 5.41) is 13.8. The minimum absolute atomic E-state index is 0.341. The Hall–Kier alpha value is -2.91. The van der Waals surface area contributed by atoms with Crippen LogP contribution in [0.1, 0.15) is 31.2 Å². The van der Waals surface area contributed by atoms with Gasteiger partial charge in [0.25, 0.3) is 0 Å². The smallest absolute Gasteiger partial charge is 0.165 e. The third-order valence-corrected chi connectivity index (χ3v) is 5.54. The predicted molar refractivity (Wildman–Crippen MR) is 111 cm³/mol. The molecule has 0 unspecified atom stereocenters. The van der Waals surface area contributed by atoms with Crippen LogP contribution in [0.2, 0.25) is 0 Å². The molecule has 1 aliphatic rings. The number of nitriles is 1. The van der Waals surface area contributed by atoms with Crippen LogP contribution in [-0.2, 0) is 0 Å². The number of benzene rings is 1. The molecular formula is C22H27N6+. The molecule has 1 saturated heterocycles. The van der Waals surface area contributed by atoms with E-state index in [2.05, 4.69) is 62.1 Å². The highest BCUT2D eigenvalue weighted by molar-refractivity contribution is 5.81. The summed E-state index contributed by atoms with van der Waals surface area (Å²) in [5.74, 6) is 1.45. The molecule has 1 fully saturated rings. The zero-order chi connectivity index (χ0) is 19.7. The molecule has 6 heteroatoms. The Morgan fingerprint density at radius 1 is 1.18 bits per heavy atom. The van der Waals surface area contributed by atoms with Gasteiger partial charge in [0.05, 0.1) is 31.9 Å². The number of rotatable bonds is 4. The maximum atomic E-state index is 8.97. The number of quaternary nitrogens is 1. The van der Waals surface area contributed by atoms with Crippen LogP contribution in [-0.4, -0.2) is 47.3 Å². The fraction of sp³-hybridized carbons (Fsp3) is 0.409. The molecule has 1 aromatic carbocycles. The topological polar surface area (TPSA) is 61.7 Å². The maximum Gasteiger partial charge on any atom is 0.165 e. The molecule has 0 amide bonds. The van der Waals surface area contributed by atoms with Crippen LogP contribution in [0.25, 0.3) is 16.8 Å². The van der Waals surface area contributed by atoms with Crippen molar-refractivity contribution in [3.63, 3.8) is 0 Å². The van der Waals surface area contributed by atoms with Gasteiger partial charge >= 0.3 is 0 Å². The second-order valence-electron chi connectivity index (χ2n) is 7.83. The molecule has 0 spiro atoms. The van der Waals surface area contributed by atoms with Gasteiger partial charge in [-0.25, -0.2) is 4.98 Å². The van der Waals surface area contributed by atoms with Gasteiger partial charge in [-0.15, -0.1) is 0 Å². The standard InChI is InChI=1S/C22H26N6/c1-16(2)19-15-20(27-13-11-26(10-9-23)12-14-27)28-22(24-19)21(17(3)25-28)18-7-5-4-6-8-18/h4-8,15-16H,10-14H2,1-3H3/p+1. The van der Waals surface area contributed by atoms with Crippen molar-refractivity contribution in [3.8, 4) is 17.2 Å². The van der Waals surface area contributed by atoms with E-state index in [1.165, 1.54) is 4.90 Å². The first-order valence-electron chi connectivity index (χ1n) is 9.99. The summed E-state index contributed by atoms with van der Waals surface area (Å²) in [7, 11) is 0. The highest BCUT2D eigenvalue weighted by Crippen LogP contribution is 2.31. The van der Waals surface area contributed by atoms with Crippen molar-refractivity contribution < 1.29 is 4.90 Å². The van der Waals surface area contributed by atoms with E-state index in [9.17, 15) is 0 Å². The normalized spacial score (nSPS) is 15.3. The zero-order valence-corrected chi connectivity index (χ0v) is 16.8. The SMILES string of the molecule is Cc1nn2c(N3CC[NH+](CC#N)CC3)cc(C(C)C)nc2c1-c1ccccc1. The van der Waals surface area contributed by atoms with Gasteiger partial charge < -0.3 is 9.80 Å². The Labute approximate surface area is 166 Å². The minimum Gasteiger partial charge on any atom is -0.345 e. The van der Waals surface area contributed by atoms with Crippen molar-refractivity contribution in [2.75, 3.05) is 37.6 Å². The van der Waals surface area contributed by atoms with Crippen LogP contribution in [0.15, 0.2) is 36.4 Å². The molecule has 28 heavy (non-hydrogen) atoms. The highest BCUT2D eigenvalue weighted by atomic mass is 15.4. The number of nitrogens with zero attached hydrogens (tertiary/aromatic N) is 5. The number of nitrogens with one attached hydrogen (secondary N) is 1. The quantitative estimate of drug-likeness (QED) is 0.709. The zero-order valence-electron chi connectivity index (χ0n) is 16.8. The third-order valence-electron chi connectivity index (χ3n) is 5.54. The number of aromatic nitrogens is 3. The van der Waals surface area contributed by atoms with Crippen LogP contribution in [0.5, 0.6) is 0 Å². The van der Waals surface area contributed by atoms with E-state index in [1.807, 2.05) is 10.6 Å². The van der Waals surface area contributed by atoms with Crippen molar-refractivity contribution in [1.82, 2.24) is 14.6 Å². The molecular weight excluding hydrogens is 348 g/mol. The van der Waals surface area contributed by atoms with E-state index >= 15 is 0 Å². The average Bonchev–Trinajstić information content (AvgIpc) is 3.04. The lowest BCUT2D eigenvalue weighted by Gasteiger charge is -2.32. The summed E-state index contributed by atoms with van der Waals surface area (Å²) < 4.78 is 2.01. The Bertz CT molecular complexity index is 1010. The Morgan fingerprint density at radius 2 is 1.89 bits per heavy atom. The van der Waals surface area contributed by atoms with Crippen molar-refractivity contribution in [1.29, 1.82) is 5.26 Å². The van der Waals surface area contributed by atoms with Crippen molar-refractivity contribution in [2.45, 2.75) is 26.7 Å². The second-order valence-corrected chi connectivity index (χ2v) is 7.83. The lowest BCUT2D eigenvalue weighted by atomic mass is 10.1. The van der Waals surface area contributed by atoms with E-state index in [0.717, 1.165) is 60.2 Å². The predicted octanol–water partition coefficient (Wildman–Crippen LogP) is 2.06. The summed E-state index contributed by atoms with van der Waals surface area (Å²) in [5.41, 5.74) is 5.27. The molecule has 0 atom stereocenters. The molecule has 3 aromatic rings. The Kier molecular flexibility index (Phi) is 5.01. The van der Waals surface area contributed by atoms with Gasteiger partial charge in [-0.05, 0) is 18.4 Å². The van der Waals surface area contributed by atoms with E-state index in [4.69, 9.17) is 15.3 Å². The number of piperazine rings is 1. The molecule has 6 nitrogen and oxygen atoms in total. The third kappa shape index (κ3) is 3.34. The highest BCUT2D eigenvalue weighted by Gasteiger charge is 2.25. The fourth-order valence-electron chi connectivity index (χ4n) is 3.93. The van der Waals surface area contributed by atoms with Crippen LogP contribution >= 0.6 is 0 Å². The van der Waals surface area contributed by atoms with E-state index in [1.54, 1.807) is 0 Å². The van der Waals surface area contributed by atoms with E-state index < -0.39 is 0 Å². The fourth-order valence-corrected chi connectivity index (χ4v) is 3.93. The lowest BCUT2D eigenvalue weighted by molar-refractivity contribution is -0.893. The monoisotopic (exact) mass is 375 g/mol. The average molecular weight is 376 g/mol. The molecule has 4 rings (SSSR count). The van der Waals surface area contributed by atoms with Gasteiger partial charge in [0.2, 0.25) is 0 Å². The molecule has 144 valence electrons. The van der Waals surface area contributed by atoms with Crippen molar-refractivity contribution in [2.24, 2.45) is 0 Å². The lowest BCUT2D eigenvalue weighted by Crippen LogP contribution is -3.14. The first-order valence-corrected chi connectivity index (χ1v) is 9.99. The molecule has 0 saturated carbocycles. The molecule has 1 N–H and O–H groups in total. The minimum atomic E-state index is 0.341. The largest absolute Gasteiger partial charge is 0.345 e. The number of anilines is 1. The Morgan fingerprint density at radius 3 is 2.54 bits per heavy atom. The summed E-state index contributed by atoms with van der Waals surface area (Å²) in [4.78, 5) is 8.75. The summed E-state index contributed by atoms with van der Waals surface area (Å²) in [6, 6.07) is 14.9. The molecule has 1 aliphatic heterocycles. The van der Waals surface area contributed by atoms with Crippen molar-refractivity contribution >= 4 is 11.5 Å². The van der Waals surface area contributed by atoms with Gasteiger partial charge in [-0.2, -0.15) is 14.9 Å². The molecule has 2 aromatic heterocycles. The molecule has 3 heterocycles.